The molecule has 0 saturated carbocycles. The third kappa shape index (κ3) is 7.47. The van der Waals surface area contributed by atoms with E-state index >= 15 is 0 Å². The van der Waals surface area contributed by atoms with Gasteiger partial charge in [0.05, 0.1) is 0 Å². The molecular formula is C10H9F12KO3S. The fourth-order valence-electron chi connectivity index (χ4n) is 1.53. The van der Waals surface area contributed by atoms with E-state index < -0.39 is 71.2 Å². The van der Waals surface area contributed by atoms with E-state index in [1.54, 1.807) is 0 Å². The summed E-state index contributed by atoms with van der Waals surface area (Å²) < 4.78 is 184. The van der Waals surface area contributed by atoms with Gasteiger partial charge in [0.25, 0.3) is 11.9 Å². The smallest absolute Gasteiger partial charge is 0.746 e. The topological polar surface area (TPSA) is 57.2 Å². The first-order valence-electron chi connectivity index (χ1n) is 6.21. The molecule has 0 spiro atoms. The number of rotatable bonds is 10. The van der Waals surface area contributed by atoms with Gasteiger partial charge in [-0.15, -0.1) is 0 Å². The minimum Gasteiger partial charge on any atom is -0.746 e. The Balaban J connectivity index is 0. The minimum atomic E-state index is -6.59. The van der Waals surface area contributed by atoms with Gasteiger partial charge in [-0.25, -0.2) is 52.3 Å². The van der Waals surface area contributed by atoms with Crippen LogP contribution in [0.25, 0.3) is 0 Å². The maximum Gasteiger partial charge on any atom is 1.00 e. The summed E-state index contributed by atoms with van der Waals surface area (Å²) in [5.41, 5.74) is -4.95. The summed E-state index contributed by atoms with van der Waals surface area (Å²) in [6.07, 6.45) is -34.8. The van der Waals surface area contributed by atoms with Crippen LogP contribution in [0, 0.1) is 0 Å². The van der Waals surface area contributed by atoms with Crippen molar-refractivity contribution in [1.82, 2.24) is 0 Å². The molecule has 0 aliphatic carbocycles. The molecule has 0 fully saturated rings. The van der Waals surface area contributed by atoms with Gasteiger partial charge in [0, 0.05) is 0 Å². The summed E-state index contributed by atoms with van der Waals surface area (Å²) in [6.45, 7) is 0. The van der Waals surface area contributed by atoms with E-state index in [9.17, 15) is 65.7 Å². The number of hydrogen-bond donors (Lipinski definition) is 0. The maximum absolute atomic E-state index is 13.2. The molecule has 0 saturated heterocycles. The van der Waals surface area contributed by atoms with Crippen LogP contribution in [0.1, 0.15) is 0 Å². The normalized spacial score (nSPS) is 22.1. The molecule has 0 aromatic carbocycles. The molecule has 0 aromatic rings. The summed E-state index contributed by atoms with van der Waals surface area (Å²) in [6, 6.07) is 0. The fraction of sp³-hybridized carbons (Fsp3) is 1.00. The third-order valence-corrected chi connectivity index (χ3v) is 3.79. The van der Waals surface area contributed by atoms with E-state index in [4.69, 9.17) is 0 Å². The molecule has 0 aliphatic heterocycles. The first kappa shape index (κ1) is 29.9. The predicted octanol–water partition coefficient (Wildman–Crippen LogP) is 0.0983. The summed E-state index contributed by atoms with van der Waals surface area (Å²) in [5.74, 6) is -6.07. The second-order valence-electron chi connectivity index (χ2n) is 4.89. The molecule has 0 N–H and O–H groups in total. The molecule has 0 amide bonds. The monoisotopic (exact) mass is 476 g/mol. The van der Waals surface area contributed by atoms with Gasteiger partial charge in [0.1, 0.15) is 10.1 Å². The van der Waals surface area contributed by atoms with Crippen molar-refractivity contribution >= 4 is 10.1 Å². The van der Waals surface area contributed by atoms with Crippen molar-refractivity contribution in [2.45, 2.75) is 61.1 Å². The first-order valence-corrected chi connectivity index (χ1v) is 7.68. The fourth-order valence-corrected chi connectivity index (χ4v) is 2.05. The largest absolute Gasteiger partial charge is 1.00 e. The standard InChI is InChI=1S/C10H10F12O3S.K/c11-1(2(12)4(14)6(16)8(18)19)3(13)5(15)7(17)10(21,22)9(20)26(23,24)25;/h1-9H,(H,23,24,25);/q;+1/p-1. The van der Waals surface area contributed by atoms with E-state index in [0.29, 0.717) is 0 Å². The third-order valence-electron chi connectivity index (χ3n) is 2.97. The van der Waals surface area contributed by atoms with Crippen molar-refractivity contribution in [2.75, 3.05) is 0 Å². The quantitative estimate of drug-likeness (QED) is 0.256. The summed E-state index contributed by atoms with van der Waals surface area (Å²) >= 11 is 0. The Morgan fingerprint density at radius 2 is 0.926 bits per heavy atom. The molecule has 17 heteroatoms. The van der Waals surface area contributed by atoms with Crippen LogP contribution >= 0.6 is 0 Å². The molecule has 0 aromatic heterocycles. The van der Waals surface area contributed by atoms with Crippen LogP contribution in [0.4, 0.5) is 52.7 Å². The van der Waals surface area contributed by atoms with E-state index in [1.165, 1.54) is 0 Å². The van der Waals surface area contributed by atoms with Gasteiger partial charge in [0.15, 0.2) is 37.0 Å². The Labute approximate surface area is 187 Å². The zero-order valence-electron chi connectivity index (χ0n) is 12.9. The van der Waals surface area contributed by atoms with E-state index in [-0.39, 0.29) is 51.4 Å². The van der Waals surface area contributed by atoms with Crippen LogP contribution in [0.3, 0.4) is 0 Å². The second-order valence-corrected chi connectivity index (χ2v) is 6.29. The summed E-state index contributed by atoms with van der Waals surface area (Å²) in [7, 11) is -6.59. The molecule has 0 heterocycles. The molecule has 27 heavy (non-hydrogen) atoms. The SMILES string of the molecule is O=S(=O)([O-])C(F)C(F)(F)C(F)C(F)C(F)C(F)C(F)C(F)C(F)C(F)F.[K+]. The van der Waals surface area contributed by atoms with E-state index in [2.05, 4.69) is 0 Å². The van der Waals surface area contributed by atoms with Crippen LogP contribution in [0.15, 0.2) is 0 Å². The Bertz CT molecular complexity index is 552. The van der Waals surface area contributed by atoms with Crippen molar-refractivity contribution in [3.63, 3.8) is 0 Å². The predicted molar refractivity (Wildman–Crippen MR) is 59.8 cm³/mol. The van der Waals surface area contributed by atoms with Crippen molar-refractivity contribution in [3.8, 4) is 0 Å². The Hall–Kier alpha value is 0.706. The van der Waals surface area contributed by atoms with Crippen LogP contribution in [0.5, 0.6) is 0 Å². The maximum atomic E-state index is 13.2. The van der Waals surface area contributed by atoms with Crippen LogP contribution in [0.2, 0.25) is 0 Å². The molecule has 158 valence electrons. The van der Waals surface area contributed by atoms with Crippen molar-refractivity contribution in [1.29, 1.82) is 0 Å². The van der Waals surface area contributed by atoms with Crippen molar-refractivity contribution in [2.24, 2.45) is 0 Å². The summed E-state index contributed by atoms with van der Waals surface area (Å²) in [4.78, 5) is 0. The van der Waals surface area contributed by atoms with Crippen molar-refractivity contribution < 1.29 is 117 Å². The molecular weight excluding hydrogens is 467 g/mol. The second kappa shape index (κ2) is 11.2. The Kier molecular flexibility index (Phi) is 12.4. The molecule has 8 unspecified atom stereocenters. The van der Waals surface area contributed by atoms with Gasteiger partial charge < -0.3 is 4.55 Å². The average Bonchev–Trinajstić information content (AvgIpc) is 2.54. The number of alkyl halides is 12. The van der Waals surface area contributed by atoms with Gasteiger partial charge in [-0.1, -0.05) is 0 Å². The Morgan fingerprint density at radius 1 is 0.630 bits per heavy atom. The minimum absolute atomic E-state index is 0. The molecule has 0 rings (SSSR count). The van der Waals surface area contributed by atoms with Gasteiger partial charge in [-0.2, -0.15) is 8.78 Å². The van der Waals surface area contributed by atoms with Gasteiger partial charge in [-0.3, -0.25) is 0 Å². The average molecular weight is 476 g/mol. The van der Waals surface area contributed by atoms with Gasteiger partial charge in [0.2, 0.25) is 6.17 Å². The van der Waals surface area contributed by atoms with Crippen molar-refractivity contribution in [3.05, 3.63) is 0 Å². The molecule has 0 aliphatic rings. The van der Waals surface area contributed by atoms with Gasteiger partial charge in [-0.05, 0) is 0 Å². The zero-order chi connectivity index (χ0) is 21.2. The Morgan fingerprint density at radius 3 is 1.22 bits per heavy atom. The molecule has 3 nitrogen and oxygen atoms in total. The van der Waals surface area contributed by atoms with Crippen LogP contribution < -0.4 is 51.4 Å². The van der Waals surface area contributed by atoms with Crippen LogP contribution in [-0.2, 0) is 10.1 Å². The zero-order valence-corrected chi connectivity index (χ0v) is 16.8. The summed E-state index contributed by atoms with van der Waals surface area (Å²) in [5, 5.41) is 0. The molecule has 0 bridgehead atoms. The van der Waals surface area contributed by atoms with Gasteiger partial charge >= 0.3 is 57.3 Å². The number of hydrogen-bond acceptors (Lipinski definition) is 3. The molecule has 0 radical (unpaired) electrons. The number of halogens is 12. The van der Waals surface area contributed by atoms with E-state index in [0.717, 1.165) is 0 Å². The first-order chi connectivity index (χ1) is 11.5. The van der Waals surface area contributed by atoms with Crippen LogP contribution in [-0.4, -0.2) is 74.0 Å². The molecule has 8 atom stereocenters. The van der Waals surface area contributed by atoms with E-state index in [1.807, 2.05) is 0 Å².